The van der Waals surface area contributed by atoms with E-state index >= 15 is 0 Å². The van der Waals surface area contributed by atoms with Crippen molar-refractivity contribution in [3.63, 3.8) is 0 Å². The Bertz CT molecular complexity index is 654. The van der Waals surface area contributed by atoms with E-state index in [-0.39, 0.29) is 11.6 Å². The van der Waals surface area contributed by atoms with Crippen LogP contribution in [0.1, 0.15) is 24.6 Å². The first-order chi connectivity index (χ1) is 10.1. The minimum atomic E-state index is -3.63. The van der Waals surface area contributed by atoms with Crippen molar-refractivity contribution in [1.82, 2.24) is 25.2 Å². The SMILES string of the molecule is CCCNCc1cn[nH]c1S(=O)(=O)NCc1ccccn1. The first-order valence-corrected chi connectivity index (χ1v) is 8.24. The van der Waals surface area contributed by atoms with Crippen LogP contribution >= 0.6 is 0 Å². The van der Waals surface area contributed by atoms with E-state index in [0.717, 1.165) is 13.0 Å². The van der Waals surface area contributed by atoms with E-state index in [1.54, 1.807) is 18.3 Å². The molecule has 0 bridgehead atoms. The molecule has 0 amide bonds. The summed E-state index contributed by atoms with van der Waals surface area (Å²) in [7, 11) is -3.63. The molecule has 0 atom stereocenters. The predicted octanol–water partition coefficient (Wildman–Crippen LogP) is 0.783. The minimum absolute atomic E-state index is 0.0991. The molecule has 0 spiro atoms. The fourth-order valence-corrected chi connectivity index (χ4v) is 2.93. The van der Waals surface area contributed by atoms with Crippen molar-refractivity contribution in [1.29, 1.82) is 0 Å². The predicted molar refractivity (Wildman–Crippen MR) is 78.8 cm³/mol. The number of sulfonamides is 1. The number of H-pyrrole nitrogens is 1. The van der Waals surface area contributed by atoms with Crippen LogP contribution in [0.4, 0.5) is 0 Å². The van der Waals surface area contributed by atoms with E-state index in [0.29, 0.717) is 17.8 Å². The molecule has 2 heterocycles. The van der Waals surface area contributed by atoms with Crippen LogP contribution in [0.5, 0.6) is 0 Å². The van der Waals surface area contributed by atoms with Crippen LogP contribution in [0.3, 0.4) is 0 Å². The quantitative estimate of drug-likeness (QED) is 0.626. The molecule has 21 heavy (non-hydrogen) atoms. The number of rotatable bonds is 8. The number of pyridine rings is 1. The van der Waals surface area contributed by atoms with Gasteiger partial charge in [0.05, 0.1) is 18.4 Å². The van der Waals surface area contributed by atoms with Crippen molar-refractivity contribution in [2.24, 2.45) is 0 Å². The topological polar surface area (TPSA) is 99.8 Å². The van der Waals surface area contributed by atoms with E-state index in [1.165, 1.54) is 6.20 Å². The molecule has 0 saturated carbocycles. The highest BCUT2D eigenvalue weighted by molar-refractivity contribution is 7.89. The summed E-state index contributed by atoms with van der Waals surface area (Å²) in [6, 6.07) is 5.36. The summed E-state index contributed by atoms with van der Waals surface area (Å²) < 4.78 is 27.1. The van der Waals surface area contributed by atoms with Crippen LogP contribution in [0, 0.1) is 0 Å². The summed E-state index contributed by atoms with van der Waals surface area (Å²) in [4.78, 5) is 4.08. The number of nitrogens with one attached hydrogen (secondary N) is 3. The molecule has 0 radical (unpaired) electrons. The Labute approximate surface area is 124 Å². The molecule has 8 heteroatoms. The van der Waals surface area contributed by atoms with Gasteiger partial charge in [-0.2, -0.15) is 5.10 Å². The van der Waals surface area contributed by atoms with Crippen LogP contribution in [-0.2, 0) is 23.1 Å². The minimum Gasteiger partial charge on any atom is -0.313 e. The smallest absolute Gasteiger partial charge is 0.258 e. The molecule has 2 rings (SSSR count). The number of hydrogen-bond donors (Lipinski definition) is 3. The zero-order chi connectivity index (χ0) is 15.1. The summed E-state index contributed by atoms with van der Waals surface area (Å²) in [5.41, 5.74) is 1.28. The van der Waals surface area contributed by atoms with Gasteiger partial charge in [0, 0.05) is 18.3 Å². The molecule has 0 fully saturated rings. The lowest BCUT2D eigenvalue weighted by atomic mass is 10.3. The average molecular weight is 309 g/mol. The highest BCUT2D eigenvalue weighted by atomic mass is 32.2. The van der Waals surface area contributed by atoms with Crippen molar-refractivity contribution < 1.29 is 8.42 Å². The van der Waals surface area contributed by atoms with Gasteiger partial charge < -0.3 is 5.32 Å². The third-order valence-corrected chi connectivity index (χ3v) is 4.27. The highest BCUT2D eigenvalue weighted by Gasteiger charge is 2.20. The molecule has 2 aromatic heterocycles. The second kappa shape index (κ2) is 7.30. The Balaban J connectivity index is 2.04. The van der Waals surface area contributed by atoms with Gasteiger partial charge in [-0.3, -0.25) is 10.1 Å². The van der Waals surface area contributed by atoms with E-state index in [4.69, 9.17) is 0 Å². The van der Waals surface area contributed by atoms with E-state index in [2.05, 4.69) is 32.1 Å². The first kappa shape index (κ1) is 15.6. The van der Waals surface area contributed by atoms with Gasteiger partial charge in [0.25, 0.3) is 10.0 Å². The number of hydrogen-bond acceptors (Lipinski definition) is 5. The van der Waals surface area contributed by atoms with Crippen LogP contribution < -0.4 is 10.0 Å². The van der Waals surface area contributed by atoms with Crippen LogP contribution in [0.2, 0.25) is 0 Å². The Hall–Kier alpha value is -1.77. The van der Waals surface area contributed by atoms with Gasteiger partial charge in [-0.25, -0.2) is 13.1 Å². The largest absolute Gasteiger partial charge is 0.313 e. The zero-order valence-electron chi connectivity index (χ0n) is 11.8. The van der Waals surface area contributed by atoms with Crippen molar-refractivity contribution in [2.75, 3.05) is 6.54 Å². The maximum atomic E-state index is 12.3. The number of aromatic nitrogens is 3. The van der Waals surface area contributed by atoms with Gasteiger partial charge in [0.15, 0.2) is 5.03 Å². The Morgan fingerprint density at radius 1 is 1.29 bits per heavy atom. The van der Waals surface area contributed by atoms with Gasteiger partial charge >= 0.3 is 0 Å². The Morgan fingerprint density at radius 2 is 2.14 bits per heavy atom. The van der Waals surface area contributed by atoms with Crippen LogP contribution in [-0.4, -0.2) is 30.1 Å². The van der Waals surface area contributed by atoms with Crippen molar-refractivity contribution in [3.8, 4) is 0 Å². The fourth-order valence-electron chi connectivity index (χ4n) is 1.80. The average Bonchev–Trinajstić information content (AvgIpc) is 2.96. The molecule has 7 nitrogen and oxygen atoms in total. The van der Waals surface area contributed by atoms with E-state index in [9.17, 15) is 8.42 Å². The molecule has 114 valence electrons. The van der Waals surface area contributed by atoms with Crippen molar-refractivity contribution in [2.45, 2.75) is 31.5 Å². The summed E-state index contributed by atoms with van der Waals surface area (Å²) in [6.45, 7) is 3.48. The monoisotopic (exact) mass is 309 g/mol. The molecule has 0 aliphatic rings. The second-order valence-corrected chi connectivity index (χ2v) is 6.25. The molecule has 0 aliphatic carbocycles. The molecule has 0 aromatic carbocycles. The molecular formula is C13H19N5O2S. The molecule has 2 aromatic rings. The Morgan fingerprint density at radius 3 is 2.86 bits per heavy atom. The second-order valence-electron chi connectivity index (χ2n) is 4.55. The molecule has 0 aliphatic heterocycles. The molecule has 0 saturated heterocycles. The number of nitrogens with zero attached hydrogens (tertiary/aromatic N) is 2. The van der Waals surface area contributed by atoms with Gasteiger partial charge in [-0.15, -0.1) is 0 Å². The van der Waals surface area contributed by atoms with Gasteiger partial charge in [-0.1, -0.05) is 13.0 Å². The summed E-state index contributed by atoms with van der Waals surface area (Å²) in [5.74, 6) is 0. The lowest BCUT2D eigenvalue weighted by molar-refractivity contribution is 0.572. The van der Waals surface area contributed by atoms with E-state index < -0.39 is 10.0 Å². The fraction of sp³-hybridized carbons (Fsp3) is 0.385. The standard InChI is InChI=1S/C13H19N5O2S/c1-2-6-14-8-11-9-16-18-13(11)21(19,20)17-10-12-5-3-4-7-15-12/h3-5,7,9,14,17H,2,6,8,10H2,1H3,(H,16,18). The van der Waals surface area contributed by atoms with Crippen molar-refractivity contribution in [3.05, 3.63) is 41.9 Å². The normalized spacial score (nSPS) is 11.7. The van der Waals surface area contributed by atoms with Gasteiger partial charge in [0.2, 0.25) is 0 Å². The molecule has 0 unspecified atom stereocenters. The third-order valence-electron chi connectivity index (χ3n) is 2.86. The first-order valence-electron chi connectivity index (χ1n) is 6.76. The lowest BCUT2D eigenvalue weighted by Gasteiger charge is -2.07. The van der Waals surface area contributed by atoms with Gasteiger partial charge in [-0.05, 0) is 25.1 Å². The van der Waals surface area contributed by atoms with Crippen LogP contribution in [0.15, 0.2) is 35.6 Å². The number of aromatic amines is 1. The summed E-state index contributed by atoms with van der Waals surface area (Å²) in [6.07, 6.45) is 4.13. The summed E-state index contributed by atoms with van der Waals surface area (Å²) >= 11 is 0. The maximum Gasteiger partial charge on any atom is 0.258 e. The lowest BCUT2D eigenvalue weighted by Crippen LogP contribution is -2.26. The maximum absolute atomic E-state index is 12.3. The van der Waals surface area contributed by atoms with Crippen LogP contribution in [0.25, 0.3) is 0 Å². The summed E-state index contributed by atoms with van der Waals surface area (Å²) in [5, 5.41) is 9.63. The molecule has 3 N–H and O–H groups in total. The van der Waals surface area contributed by atoms with Crippen molar-refractivity contribution >= 4 is 10.0 Å². The Kier molecular flexibility index (Phi) is 5.43. The van der Waals surface area contributed by atoms with E-state index in [1.807, 2.05) is 6.07 Å². The van der Waals surface area contributed by atoms with Gasteiger partial charge in [0.1, 0.15) is 0 Å². The zero-order valence-corrected chi connectivity index (χ0v) is 12.7. The molecular weight excluding hydrogens is 290 g/mol. The third kappa shape index (κ3) is 4.35. The highest BCUT2D eigenvalue weighted by Crippen LogP contribution is 2.12.